The van der Waals surface area contributed by atoms with Crippen molar-refractivity contribution in [1.82, 2.24) is 4.57 Å². The third-order valence-electron chi connectivity index (χ3n) is 2.68. The first-order valence-corrected chi connectivity index (χ1v) is 5.21. The van der Waals surface area contributed by atoms with Crippen molar-refractivity contribution in [3.63, 3.8) is 0 Å². The van der Waals surface area contributed by atoms with Crippen LogP contribution in [0.15, 0.2) is 30.5 Å². The summed E-state index contributed by atoms with van der Waals surface area (Å²) in [5.74, 6) is 0.126. The molecule has 2 nitrogen and oxygen atoms in total. The molecule has 0 atom stereocenters. The number of carbonyl (C=O) groups is 1. The summed E-state index contributed by atoms with van der Waals surface area (Å²) in [5.41, 5.74) is 1.87. The second-order valence-electron chi connectivity index (χ2n) is 4.12. The molecule has 0 saturated heterocycles. The highest BCUT2D eigenvalue weighted by Gasteiger charge is 2.10. The SMILES string of the molecule is CC(=O)c1cccc2ccn(C(C)C)c12. The van der Waals surface area contributed by atoms with Crippen LogP contribution in [-0.4, -0.2) is 10.4 Å². The molecule has 0 N–H and O–H groups in total. The van der Waals surface area contributed by atoms with E-state index in [4.69, 9.17) is 0 Å². The summed E-state index contributed by atoms with van der Waals surface area (Å²) in [6, 6.07) is 8.30. The lowest BCUT2D eigenvalue weighted by Gasteiger charge is -2.11. The Kier molecular flexibility index (Phi) is 2.35. The average molecular weight is 201 g/mol. The topological polar surface area (TPSA) is 22.0 Å². The number of nitrogens with zero attached hydrogens (tertiary/aromatic N) is 1. The Morgan fingerprint density at radius 2 is 2.00 bits per heavy atom. The van der Waals surface area contributed by atoms with Crippen LogP contribution in [-0.2, 0) is 0 Å². The molecule has 0 amide bonds. The van der Waals surface area contributed by atoms with E-state index >= 15 is 0 Å². The number of rotatable bonds is 2. The van der Waals surface area contributed by atoms with Crippen molar-refractivity contribution in [2.45, 2.75) is 26.8 Å². The lowest BCUT2D eigenvalue weighted by Crippen LogP contribution is -2.03. The lowest BCUT2D eigenvalue weighted by atomic mass is 10.1. The van der Waals surface area contributed by atoms with E-state index in [1.54, 1.807) is 6.92 Å². The van der Waals surface area contributed by atoms with Crippen LogP contribution >= 0.6 is 0 Å². The molecule has 2 aromatic rings. The van der Waals surface area contributed by atoms with Crippen molar-refractivity contribution in [3.8, 4) is 0 Å². The van der Waals surface area contributed by atoms with E-state index in [9.17, 15) is 4.79 Å². The van der Waals surface area contributed by atoms with Crippen LogP contribution in [0.1, 0.15) is 37.2 Å². The summed E-state index contributed by atoms with van der Waals surface area (Å²) in [6.07, 6.45) is 2.04. The molecule has 0 saturated carbocycles. The zero-order chi connectivity index (χ0) is 11.0. The van der Waals surface area contributed by atoms with Crippen molar-refractivity contribution in [2.24, 2.45) is 0 Å². The summed E-state index contributed by atoms with van der Waals surface area (Å²) in [7, 11) is 0. The highest BCUT2D eigenvalue weighted by atomic mass is 16.1. The van der Waals surface area contributed by atoms with Gasteiger partial charge in [-0.25, -0.2) is 0 Å². The molecule has 1 aromatic carbocycles. The van der Waals surface area contributed by atoms with Gasteiger partial charge >= 0.3 is 0 Å². The monoisotopic (exact) mass is 201 g/mol. The van der Waals surface area contributed by atoms with E-state index in [0.717, 1.165) is 16.5 Å². The minimum atomic E-state index is 0.126. The molecule has 0 fully saturated rings. The molecule has 0 unspecified atom stereocenters. The van der Waals surface area contributed by atoms with Crippen LogP contribution in [0.5, 0.6) is 0 Å². The quantitative estimate of drug-likeness (QED) is 0.682. The maximum Gasteiger partial charge on any atom is 0.161 e. The minimum Gasteiger partial charge on any atom is -0.344 e. The predicted octanol–water partition coefficient (Wildman–Crippen LogP) is 3.42. The van der Waals surface area contributed by atoms with E-state index in [-0.39, 0.29) is 5.78 Å². The number of fused-ring (bicyclic) bond motifs is 1. The molecule has 2 heteroatoms. The van der Waals surface area contributed by atoms with Crippen LogP contribution in [0.2, 0.25) is 0 Å². The summed E-state index contributed by atoms with van der Waals surface area (Å²) in [5, 5.41) is 1.14. The van der Waals surface area contributed by atoms with Gasteiger partial charge in [0, 0.05) is 23.2 Å². The van der Waals surface area contributed by atoms with Crippen molar-refractivity contribution < 1.29 is 4.79 Å². The number of benzene rings is 1. The van der Waals surface area contributed by atoms with E-state index in [2.05, 4.69) is 24.5 Å². The highest BCUT2D eigenvalue weighted by molar-refractivity contribution is 6.05. The van der Waals surface area contributed by atoms with Gasteiger partial charge in [-0.2, -0.15) is 0 Å². The first-order valence-electron chi connectivity index (χ1n) is 5.21. The first-order chi connectivity index (χ1) is 7.11. The maximum absolute atomic E-state index is 11.5. The van der Waals surface area contributed by atoms with Gasteiger partial charge in [0.1, 0.15) is 0 Å². The number of hydrogen-bond donors (Lipinski definition) is 0. The Morgan fingerprint density at radius 1 is 1.27 bits per heavy atom. The van der Waals surface area contributed by atoms with Gasteiger partial charge < -0.3 is 4.57 Å². The number of Topliss-reactive ketones (excluding diaryl/α,β-unsaturated/α-hetero) is 1. The minimum absolute atomic E-state index is 0.126. The van der Waals surface area contributed by atoms with Crippen LogP contribution in [0.3, 0.4) is 0 Å². The number of hydrogen-bond acceptors (Lipinski definition) is 1. The fourth-order valence-corrected chi connectivity index (χ4v) is 1.93. The number of carbonyl (C=O) groups excluding carboxylic acids is 1. The van der Waals surface area contributed by atoms with Crippen molar-refractivity contribution in [1.29, 1.82) is 0 Å². The average Bonchev–Trinajstić information content (AvgIpc) is 2.60. The molecule has 0 aliphatic heterocycles. The van der Waals surface area contributed by atoms with E-state index in [1.165, 1.54) is 0 Å². The molecule has 78 valence electrons. The summed E-state index contributed by atoms with van der Waals surface area (Å²) >= 11 is 0. The van der Waals surface area contributed by atoms with E-state index in [1.807, 2.05) is 24.4 Å². The third kappa shape index (κ3) is 1.56. The van der Waals surface area contributed by atoms with Gasteiger partial charge in [0.2, 0.25) is 0 Å². The molecule has 15 heavy (non-hydrogen) atoms. The number of para-hydroxylation sites is 1. The molecular weight excluding hydrogens is 186 g/mol. The van der Waals surface area contributed by atoms with Crippen LogP contribution in [0.4, 0.5) is 0 Å². The van der Waals surface area contributed by atoms with E-state index < -0.39 is 0 Å². The molecule has 0 aliphatic rings. The Balaban J connectivity index is 2.80. The molecule has 0 aliphatic carbocycles. The fraction of sp³-hybridized carbons (Fsp3) is 0.308. The fourth-order valence-electron chi connectivity index (χ4n) is 1.93. The first kappa shape index (κ1) is 9.97. The summed E-state index contributed by atoms with van der Waals surface area (Å²) < 4.78 is 2.14. The zero-order valence-corrected chi connectivity index (χ0v) is 9.32. The molecule has 1 aromatic heterocycles. The summed E-state index contributed by atoms with van der Waals surface area (Å²) in [6.45, 7) is 5.86. The normalized spacial score (nSPS) is 11.2. The largest absolute Gasteiger partial charge is 0.344 e. The van der Waals surface area contributed by atoms with Crippen molar-refractivity contribution in [3.05, 3.63) is 36.0 Å². The molecule has 0 radical (unpaired) electrons. The standard InChI is InChI=1S/C13H15NO/c1-9(2)14-8-7-11-5-4-6-12(10(3)15)13(11)14/h4-9H,1-3H3. The summed E-state index contributed by atoms with van der Waals surface area (Å²) in [4.78, 5) is 11.5. The Labute approximate surface area is 89.5 Å². The maximum atomic E-state index is 11.5. The number of ketones is 1. The number of aromatic nitrogens is 1. The van der Waals surface area contributed by atoms with Gasteiger partial charge in [0.25, 0.3) is 0 Å². The Hall–Kier alpha value is -1.57. The molecule has 2 rings (SSSR count). The second-order valence-corrected chi connectivity index (χ2v) is 4.12. The van der Waals surface area contributed by atoms with Gasteiger partial charge in [-0.15, -0.1) is 0 Å². The van der Waals surface area contributed by atoms with Gasteiger partial charge in [-0.3, -0.25) is 4.79 Å². The molecule has 0 spiro atoms. The Bertz CT molecular complexity index is 508. The van der Waals surface area contributed by atoms with Crippen LogP contribution in [0, 0.1) is 0 Å². The van der Waals surface area contributed by atoms with Crippen LogP contribution < -0.4 is 0 Å². The zero-order valence-electron chi connectivity index (χ0n) is 9.32. The van der Waals surface area contributed by atoms with Crippen molar-refractivity contribution >= 4 is 16.7 Å². The van der Waals surface area contributed by atoms with Crippen LogP contribution in [0.25, 0.3) is 10.9 Å². The molecule has 0 bridgehead atoms. The van der Waals surface area contributed by atoms with Gasteiger partial charge in [0.15, 0.2) is 5.78 Å². The predicted molar refractivity (Wildman–Crippen MR) is 62.3 cm³/mol. The molecular formula is C13H15NO. The smallest absolute Gasteiger partial charge is 0.161 e. The van der Waals surface area contributed by atoms with Crippen molar-refractivity contribution in [2.75, 3.05) is 0 Å². The molecule has 1 heterocycles. The lowest BCUT2D eigenvalue weighted by molar-refractivity contribution is 0.101. The van der Waals surface area contributed by atoms with E-state index in [0.29, 0.717) is 6.04 Å². The van der Waals surface area contributed by atoms with Gasteiger partial charge in [0.05, 0.1) is 5.52 Å². The third-order valence-corrected chi connectivity index (χ3v) is 2.68. The Morgan fingerprint density at radius 3 is 2.60 bits per heavy atom. The highest BCUT2D eigenvalue weighted by Crippen LogP contribution is 2.23. The van der Waals surface area contributed by atoms with Gasteiger partial charge in [-0.05, 0) is 32.9 Å². The van der Waals surface area contributed by atoms with Gasteiger partial charge in [-0.1, -0.05) is 12.1 Å². The second kappa shape index (κ2) is 3.54.